The van der Waals surface area contributed by atoms with E-state index in [-0.39, 0.29) is 5.91 Å². The third-order valence-electron chi connectivity index (χ3n) is 4.42. The Bertz CT molecular complexity index is 680. The van der Waals surface area contributed by atoms with Crippen molar-refractivity contribution in [3.05, 3.63) is 48.3 Å². The van der Waals surface area contributed by atoms with Crippen LogP contribution in [0.2, 0.25) is 0 Å². The van der Waals surface area contributed by atoms with Crippen LogP contribution in [0.15, 0.2) is 42.6 Å². The van der Waals surface area contributed by atoms with Gasteiger partial charge >= 0.3 is 0 Å². The van der Waals surface area contributed by atoms with Crippen LogP contribution in [0, 0.1) is 0 Å². The second-order valence-corrected chi connectivity index (χ2v) is 5.92. The molecule has 23 heavy (non-hydrogen) atoms. The highest BCUT2D eigenvalue weighted by atomic mass is 16.5. The number of rotatable bonds is 5. The van der Waals surface area contributed by atoms with Gasteiger partial charge < -0.3 is 14.6 Å². The van der Waals surface area contributed by atoms with Gasteiger partial charge in [-0.3, -0.25) is 9.69 Å². The Labute approximate surface area is 136 Å². The molecule has 0 spiro atoms. The number of aromatic nitrogens is 1. The average Bonchev–Trinajstić information content (AvgIpc) is 3.16. The molecular weight excluding hydrogens is 290 g/mol. The molecule has 1 aliphatic rings. The van der Waals surface area contributed by atoms with Gasteiger partial charge in [0.2, 0.25) is 5.91 Å². The summed E-state index contributed by atoms with van der Waals surface area (Å²) < 4.78 is 7.42. The molecule has 1 amide bonds. The Morgan fingerprint density at radius 2 is 2.13 bits per heavy atom. The first-order chi connectivity index (χ1) is 11.2. The van der Waals surface area contributed by atoms with Gasteiger partial charge in [-0.1, -0.05) is 12.1 Å². The van der Waals surface area contributed by atoms with Crippen LogP contribution in [0.3, 0.4) is 0 Å². The summed E-state index contributed by atoms with van der Waals surface area (Å²) in [5.74, 6) is 0.678. The predicted octanol–water partition coefficient (Wildman–Crippen LogP) is 2.81. The van der Waals surface area contributed by atoms with Crippen LogP contribution in [-0.4, -0.2) is 35.6 Å². The molecule has 0 saturated carbocycles. The van der Waals surface area contributed by atoms with Crippen molar-refractivity contribution >= 4 is 11.6 Å². The van der Waals surface area contributed by atoms with Gasteiger partial charge in [0.05, 0.1) is 25.4 Å². The van der Waals surface area contributed by atoms with E-state index in [1.165, 1.54) is 5.69 Å². The molecule has 1 N–H and O–H groups in total. The minimum absolute atomic E-state index is 0.00407. The zero-order valence-corrected chi connectivity index (χ0v) is 13.7. The van der Waals surface area contributed by atoms with Crippen LogP contribution >= 0.6 is 0 Å². The number of amides is 1. The van der Waals surface area contributed by atoms with E-state index in [1.54, 1.807) is 7.11 Å². The fourth-order valence-corrected chi connectivity index (χ4v) is 3.29. The number of methoxy groups -OCH3 is 1. The number of hydrogen-bond acceptors (Lipinski definition) is 3. The van der Waals surface area contributed by atoms with E-state index in [2.05, 4.69) is 40.2 Å². The van der Waals surface area contributed by atoms with E-state index >= 15 is 0 Å². The number of carbonyl (C=O) groups excluding carboxylic acids is 1. The van der Waals surface area contributed by atoms with Crippen molar-refractivity contribution in [2.24, 2.45) is 7.05 Å². The van der Waals surface area contributed by atoms with Gasteiger partial charge in [0, 0.05) is 18.9 Å². The van der Waals surface area contributed by atoms with Crippen LogP contribution in [0.5, 0.6) is 5.75 Å². The minimum Gasteiger partial charge on any atom is -0.495 e. The number of hydrogen-bond donors (Lipinski definition) is 1. The maximum absolute atomic E-state index is 12.4. The summed E-state index contributed by atoms with van der Waals surface area (Å²) in [7, 11) is 3.66. The number of ether oxygens (including phenoxy) is 1. The Kier molecular flexibility index (Phi) is 4.67. The van der Waals surface area contributed by atoms with E-state index in [1.807, 2.05) is 24.3 Å². The lowest BCUT2D eigenvalue weighted by Crippen LogP contribution is -2.33. The maximum atomic E-state index is 12.4. The first kappa shape index (κ1) is 15.6. The molecule has 5 nitrogen and oxygen atoms in total. The van der Waals surface area contributed by atoms with E-state index in [0.717, 1.165) is 25.1 Å². The highest BCUT2D eigenvalue weighted by Gasteiger charge is 2.29. The summed E-state index contributed by atoms with van der Waals surface area (Å²) in [6.07, 6.45) is 4.28. The molecule has 1 aromatic heterocycles. The molecule has 1 fully saturated rings. The van der Waals surface area contributed by atoms with Gasteiger partial charge in [-0.05, 0) is 43.7 Å². The molecule has 1 unspecified atom stereocenters. The number of para-hydroxylation sites is 2. The van der Waals surface area contributed by atoms with Crippen LogP contribution < -0.4 is 10.1 Å². The highest BCUT2D eigenvalue weighted by molar-refractivity contribution is 5.93. The van der Waals surface area contributed by atoms with Gasteiger partial charge in [0.1, 0.15) is 5.75 Å². The maximum Gasteiger partial charge on any atom is 0.238 e. The Balaban J connectivity index is 1.66. The highest BCUT2D eigenvalue weighted by Crippen LogP contribution is 2.31. The van der Waals surface area contributed by atoms with Gasteiger partial charge in [0.25, 0.3) is 0 Å². The molecule has 2 heterocycles. The minimum atomic E-state index is -0.00407. The first-order valence-electron chi connectivity index (χ1n) is 7.97. The second-order valence-electron chi connectivity index (χ2n) is 5.92. The topological polar surface area (TPSA) is 46.5 Å². The van der Waals surface area contributed by atoms with Crippen LogP contribution in [-0.2, 0) is 11.8 Å². The lowest BCUT2D eigenvalue weighted by Gasteiger charge is -2.24. The molecule has 2 aromatic rings. The SMILES string of the molecule is COc1ccccc1NC(=O)CN1CCCC1c1cccn1C. The van der Waals surface area contributed by atoms with Gasteiger partial charge in [-0.2, -0.15) is 0 Å². The van der Waals surface area contributed by atoms with E-state index in [0.29, 0.717) is 18.3 Å². The molecule has 5 heteroatoms. The number of likely N-dealkylation sites (tertiary alicyclic amines) is 1. The molecule has 1 saturated heterocycles. The summed E-state index contributed by atoms with van der Waals surface area (Å²) in [5.41, 5.74) is 1.99. The van der Waals surface area contributed by atoms with Gasteiger partial charge in [-0.25, -0.2) is 0 Å². The van der Waals surface area contributed by atoms with Crippen LogP contribution in [0.25, 0.3) is 0 Å². The predicted molar refractivity (Wildman–Crippen MR) is 90.6 cm³/mol. The number of carbonyl (C=O) groups is 1. The summed E-state index contributed by atoms with van der Waals surface area (Å²) >= 11 is 0. The molecule has 1 atom stereocenters. The Hall–Kier alpha value is -2.27. The first-order valence-corrected chi connectivity index (χ1v) is 7.97. The summed E-state index contributed by atoms with van der Waals surface area (Å²) in [5, 5.41) is 2.96. The van der Waals surface area contributed by atoms with Crippen molar-refractivity contribution in [1.29, 1.82) is 0 Å². The van der Waals surface area contributed by atoms with Crippen molar-refractivity contribution in [3.8, 4) is 5.75 Å². The molecule has 1 aliphatic heterocycles. The Morgan fingerprint density at radius 1 is 1.30 bits per heavy atom. The summed E-state index contributed by atoms with van der Waals surface area (Å²) in [6.45, 7) is 1.35. The van der Waals surface area contributed by atoms with Crippen molar-refractivity contribution in [3.63, 3.8) is 0 Å². The molecular formula is C18H23N3O2. The summed E-state index contributed by atoms with van der Waals surface area (Å²) in [4.78, 5) is 14.7. The monoisotopic (exact) mass is 313 g/mol. The fraction of sp³-hybridized carbons (Fsp3) is 0.389. The van der Waals surface area contributed by atoms with E-state index < -0.39 is 0 Å². The van der Waals surface area contributed by atoms with Crippen molar-refractivity contribution < 1.29 is 9.53 Å². The molecule has 0 bridgehead atoms. The van der Waals surface area contributed by atoms with E-state index in [4.69, 9.17) is 4.74 Å². The van der Waals surface area contributed by atoms with Gasteiger partial charge in [0.15, 0.2) is 0 Å². The van der Waals surface area contributed by atoms with Crippen molar-refractivity contribution in [1.82, 2.24) is 9.47 Å². The number of anilines is 1. The lowest BCUT2D eigenvalue weighted by molar-refractivity contribution is -0.117. The zero-order valence-electron chi connectivity index (χ0n) is 13.7. The number of nitrogens with one attached hydrogen (secondary N) is 1. The molecule has 0 radical (unpaired) electrons. The second kappa shape index (κ2) is 6.87. The number of benzene rings is 1. The largest absolute Gasteiger partial charge is 0.495 e. The standard InChI is InChI=1S/C18H23N3O2/c1-20-11-5-8-15(20)16-9-6-12-21(16)13-18(22)19-14-7-3-4-10-17(14)23-2/h3-5,7-8,10-11,16H,6,9,12-13H2,1-2H3,(H,19,22). The third-order valence-corrected chi connectivity index (χ3v) is 4.42. The van der Waals surface area contributed by atoms with Gasteiger partial charge in [-0.15, -0.1) is 0 Å². The zero-order chi connectivity index (χ0) is 16.2. The molecule has 0 aliphatic carbocycles. The van der Waals surface area contributed by atoms with Crippen LogP contribution in [0.4, 0.5) is 5.69 Å². The third kappa shape index (κ3) is 3.40. The van der Waals surface area contributed by atoms with Crippen LogP contribution in [0.1, 0.15) is 24.6 Å². The summed E-state index contributed by atoms with van der Waals surface area (Å²) in [6, 6.07) is 12.0. The number of nitrogens with zero attached hydrogens (tertiary/aromatic N) is 2. The quantitative estimate of drug-likeness (QED) is 0.923. The fourth-order valence-electron chi connectivity index (χ4n) is 3.29. The molecule has 3 rings (SSSR count). The lowest BCUT2D eigenvalue weighted by atomic mass is 10.1. The smallest absolute Gasteiger partial charge is 0.238 e. The van der Waals surface area contributed by atoms with Crippen molar-refractivity contribution in [2.75, 3.05) is 25.5 Å². The van der Waals surface area contributed by atoms with E-state index in [9.17, 15) is 4.79 Å². The molecule has 1 aromatic carbocycles. The normalized spacial score (nSPS) is 18.1. The Morgan fingerprint density at radius 3 is 2.87 bits per heavy atom. The van der Waals surface area contributed by atoms with Crippen molar-refractivity contribution in [2.45, 2.75) is 18.9 Å². The number of aryl methyl sites for hydroxylation is 1. The average molecular weight is 313 g/mol. The molecule has 122 valence electrons.